The minimum atomic E-state index is -0.712. The molecule has 0 fully saturated rings. The number of carbonyl (C=O) groups excluding carboxylic acids is 2. The summed E-state index contributed by atoms with van der Waals surface area (Å²) < 4.78 is 30.1. The van der Waals surface area contributed by atoms with Gasteiger partial charge in [-0.25, -0.2) is 4.39 Å². The molecule has 2 heterocycles. The van der Waals surface area contributed by atoms with Crippen LogP contribution < -0.4 is 15.6 Å². The number of para-hydroxylation sites is 2. The highest BCUT2D eigenvalue weighted by molar-refractivity contribution is 6.00. The maximum Gasteiger partial charge on any atom is 0.305 e. The number of hydrogen-bond acceptors (Lipinski definition) is 5. The number of benzene rings is 2. The fourth-order valence-corrected chi connectivity index (χ4v) is 2.91. The highest BCUT2D eigenvalue weighted by Gasteiger charge is 2.20. The Kier molecular flexibility index (Phi) is 5.21. The molecule has 4 aromatic rings. The van der Waals surface area contributed by atoms with Gasteiger partial charge < -0.3 is 13.6 Å². The number of carbonyl (C=O) groups is 2. The molecule has 2 aromatic heterocycles. The molecule has 152 valence electrons. The molecule has 0 saturated carbocycles. The number of aryl methyl sites for hydroxylation is 1. The van der Waals surface area contributed by atoms with E-state index in [2.05, 4.69) is 10.9 Å². The zero-order chi connectivity index (χ0) is 21.1. The van der Waals surface area contributed by atoms with Crippen molar-refractivity contribution in [3.05, 3.63) is 89.3 Å². The molecule has 30 heavy (non-hydrogen) atoms. The van der Waals surface area contributed by atoms with Gasteiger partial charge in [-0.1, -0.05) is 30.3 Å². The second-order valence-electron chi connectivity index (χ2n) is 6.45. The topological polar surface area (TPSA) is 93.7 Å². The summed E-state index contributed by atoms with van der Waals surface area (Å²) in [5.74, 6) is -0.922. The largest absolute Gasteiger partial charge is 0.486 e. The van der Waals surface area contributed by atoms with Crippen LogP contribution in [-0.4, -0.2) is 11.8 Å². The average Bonchev–Trinajstić information content (AvgIpc) is 3.37. The Labute approximate surface area is 170 Å². The number of hydrazine groups is 1. The van der Waals surface area contributed by atoms with Crippen LogP contribution in [0.25, 0.3) is 11.0 Å². The van der Waals surface area contributed by atoms with Gasteiger partial charge in [0.15, 0.2) is 22.9 Å². The zero-order valence-electron chi connectivity index (χ0n) is 15.9. The van der Waals surface area contributed by atoms with E-state index >= 15 is 0 Å². The van der Waals surface area contributed by atoms with Gasteiger partial charge in [0, 0.05) is 10.9 Å². The van der Waals surface area contributed by atoms with E-state index in [0.717, 1.165) is 0 Å². The van der Waals surface area contributed by atoms with Gasteiger partial charge in [0.2, 0.25) is 0 Å². The molecule has 0 radical (unpaired) electrons. The second kappa shape index (κ2) is 8.12. The number of fused-ring (bicyclic) bond motifs is 1. The van der Waals surface area contributed by atoms with E-state index in [1.54, 1.807) is 31.2 Å². The Balaban J connectivity index is 1.37. The molecule has 8 heteroatoms. The van der Waals surface area contributed by atoms with Gasteiger partial charge in [-0.3, -0.25) is 20.4 Å². The van der Waals surface area contributed by atoms with Crippen molar-refractivity contribution in [1.82, 2.24) is 10.9 Å². The Morgan fingerprint density at radius 1 is 0.933 bits per heavy atom. The number of nitrogens with one attached hydrogen (secondary N) is 2. The molecule has 4 rings (SSSR count). The lowest BCUT2D eigenvalue weighted by molar-refractivity contribution is 0.0815. The molecule has 0 aliphatic rings. The van der Waals surface area contributed by atoms with E-state index in [1.165, 1.54) is 18.2 Å². The van der Waals surface area contributed by atoms with E-state index in [1.807, 2.05) is 18.2 Å². The molecule has 0 unspecified atom stereocenters. The normalized spacial score (nSPS) is 10.7. The van der Waals surface area contributed by atoms with Crippen LogP contribution in [0.1, 0.15) is 32.4 Å². The third-order valence-electron chi connectivity index (χ3n) is 4.42. The molecule has 2 N–H and O–H groups in total. The van der Waals surface area contributed by atoms with Crippen LogP contribution >= 0.6 is 0 Å². The summed E-state index contributed by atoms with van der Waals surface area (Å²) in [6, 6.07) is 16.7. The van der Waals surface area contributed by atoms with E-state index < -0.39 is 17.6 Å². The van der Waals surface area contributed by atoms with Crippen molar-refractivity contribution >= 4 is 22.8 Å². The van der Waals surface area contributed by atoms with Gasteiger partial charge >= 0.3 is 11.8 Å². The van der Waals surface area contributed by atoms with Crippen molar-refractivity contribution in [2.24, 2.45) is 0 Å². The molecule has 2 aromatic carbocycles. The summed E-state index contributed by atoms with van der Waals surface area (Å²) >= 11 is 0. The smallest absolute Gasteiger partial charge is 0.305 e. The number of rotatable bonds is 5. The van der Waals surface area contributed by atoms with Crippen LogP contribution in [0, 0.1) is 12.7 Å². The molecular formula is C22H17FN2O5. The molecule has 0 spiro atoms. The van der Waals surface area contributed by atoms with Gasteiger partial charge in [-0.2, -0.15) is 0 Å². The second-order valence-corrected chi connectivity index (χ2v) is 6.45. The van der Waals surface area contributed by atoms with Gasteiger partial charge in [0.25, 0.3) is 0 Å². The first kappa shape index (κ1) is 19.3. The van der Waals surface area contributed by atoms with Crippen molar-refractivity contribution in [2.45, 2.75) is 13.5 Å². The first-order valence-corrected chi connectivity index (χ1v) is 9.08. The molecule has 0 bridgehead atoms. The number of halogens is 1. The van der Waals surface area contributed by atoms with Crippen LogP contribution in [0.2, 0.25) is 0 Å². The van der Waals surface area contributed by atoms with Gasteiger partial charge in [0.05, 0.1) is 0 Å². The maximum absolute atomic E-state index is 13.8. The highest BCUT2D eigenvalue weighted by Crippen LogP contribution is 2.27. The van der Waals surface area contributed by atoms with Crippen LogP contribution in [0.4, 0.5) is 4.39 Å². The quantitative estimate of drug-likeness (QED) is 0.485. The van der Waals surface area contributed by atoms with Crippen LogP contribution in [0.3, 0.4) is 0 Å². The predicted molar refractivity (Wildman–Crippen MR) is 105 cm³/mol. The van der Waals surface area contributed by atoms with E-state index in [4.69, 9.17) is 13.6 Å². The molecule has 0 aliphatic carbocycles. The van der Waals surface area contributed by atoms with Crippen molar-refractivity contribution in [1.29, 1.82) is 0 Å². The predicted octanol–water partition coefficient (Wildman–Crippen LogP) is 4.13. The summed E-state index contributed by atoms with van der Waals surface area (Å²) in [6.45, 7) is 1.78. The fraction of sp³-hybridized carbons (Fsp3) is 0.0909. The molecule has 0 atom stereocenters. The summed E-state index contributed by atoms with van der Waals surface area (Å²) in [5.41, 5.74) is 4.94. The van der Waals surface area contributed by atoms with Crippen molar-refractivity contribution in [3.8, 4) is 5.75 Å². The molecule has 0 aliphatic heterocycles. The van der Waals surface area contributed by atoms with Crippen molar-refractivity contribution < 1.29 is 27.6 Å². The fourth-order valence-electron chi connectivity index (χ4n) is 2.91. The van der Waals surface area contributed by atoms with Gasteiger partial charge in [-0.05, 0) is 37.3 Å². The lowest BCUT2D eigenvalue weighted by Crippen LogP contribution is -2.41. The van der Waals surface area contributed by atoms with Crippen molar-refractivity contribution in [2.75, 3.05) is 0 Å². The third kappa shape index (κ3) is 3.88. The summed E-state index contributed by atoms with van der Waals surface area (Å²) in [4.78, 5) is 24.6. The third-order valence-corrected chi connectivity index (χ3v) is 4.42. The number of hydrogen-bond donors (Lipinski definition) is 2. The number of ether oxygens (including phenoxy) is 1. The lowest BCUT2D eigenvalue weighted by atomic mass is 10.1. The molecule has 2 amide bonds. The Bertz CT molecular complexity index is 1210. The van der Waals surface area contributed by atoms with Crippen molar-refractivity contribution in [3.63, 3.8) is 0 Å². The summed E-state index contributed by atoms with van der Waals surface area (Å²) in [5, 5.41) is 0.487. The highest BCUT2D eigenvalue weighted by atomic mass is 19.1. The first-order valence-electron chi connectivity index (χ1n) is 9.08. The summed E-state index contributed by atoms with van der Waals surface area (Å²) in [7, 11) is 0. The Morgan fingerprint density at radius 2 is 1.70 bits per heavy atom. The minimum Gasteiger partial charge on any atom is -0.486 e. The summed E-state index contributed by atoms with van der Waals surface area (Å²) in [6.07, 6.45) is 0. The Hall–Kier alpha value is -4.07. The monoisotopic (exact) mass is 408 g/mol. The average molecular weight is 408 g/mol. The number of amides is 2. The van der Waals surface area contributed by atoms with Crippen LogP contribution in [0.15, 0.2) is 69.5 Å². The van der Waals surface area contributed by atoms with Gasteiger partial charge in [-0.15, -0.1) is 0 Å². The SMILES string of the molecule is Cc1c(C(=O)NNC(=O)c2ccc(COc3ccccc3)o2)oc2c(F)cccc12. The first-order chi connectivity index (χ1) is 14.5. The molecule has 0 saturated heterocycles. The van der Waals surface area contributed by atoms with E-state index in [0.29, 0.717) is 22.5 Å². The number of furan rings is 2. The standard InChI is InChI=1S/C22H17FN2O5/c1-13-16-8-5-9-17(23)20(16)30-19(13)22(27)25-24-21(26)18-11-10-15(29-18)12-28-14-6-3-2-4-7-14/h2-11H,12H2,1H3,(H,24,26)(H,25,27). The van der Waals surface area contributed by atoms with Crippen LogP contribution in [0.5, 0.6) is 5.75 Å². The van der Waals surface area contributed by atoms with E-state index in [-0.39, 0.29) is 23.7 Å². The molecule has 7 nitrogen and oxygen atoms in total. The van der Waals surface area contributed by atoms with Crippen LogP contribution in [-0.2, 0) is 6.61 Å². The maximum atomic E-state index is 13.8. The molecular weight excluding hydrogens is 391 g/mol. The van der Waals surface area contributed by atoms with Gasteiger partial charge in [0.1, 0.15) is 18.1 Å². The zero-order valence-corrected chi connectivity index (χ0v) is 15.9. The van der Waals surface area contributed by atoms with E-state index in [9.17, 15) is 14.0 Å². The Morgan fingerprint density at radius 3 is 2.47 bits per heavy atom. The lowest BCUT2D eigenvalue weighted by Gasteiger charge is -2.05. The minimum absolute atomic E-state index is 0.00525.